The van der Waals surface area contributed by atoms with E-state index in [2.05, 4.69) is 9.97 Å². The molecule has 9 heteroatoms. The molecule has 1 aliphatic rings. The quantitative estimate of drug-likeness (QED) is 0.585. The Balaban J connectivity index is 1.61. The molecule has 2 aromatic carbocycles. The molecule has 4 rings (SSSR count). The molecule has 2 heterocycles. The Morgan fingerprint density at radius 2 is 1.57 bits per heavy atom. The summed E-state index contributed by atoms with van der Waals surface area (Å²) in [5.74, 6) is 0.614. The first-order valence-electron chi connectivity index (χ1n) is 9.23. The number of nitrogens with two attached hydrogens (primary N) is 1. The number of carbonyl (C=O) groups is 1. The number of primary amides is 1. The van der Waals surface area contributed by atoms with Crippen LogP contribution in [-0.2, 0) is 0 Å². The van der Waals surface area contributed by atoms with E-state index in [4.69, 9.17) is 10.5 Å². The summed E-state index contributed by atoms with van der Waals surface area (Å²) in [7, 11) is 0. The van der Waals surface area contributed by atoms with Gasteiger partial charge in [0.15, 0.2) is 5.82 Å². The number of hydrogen-bond acceptors (Lipinski definition) is 7. The SMILES string of the molecule is NC(=O)c1cc(N2CC(O)[C@@H](O)C2)nc(-c2ccc(Oc3ccc(F)cc3)cc2)n1. The topological polar surface area (TPSA) is 122 Å². The normalized spacial score (nSPS) is 18.4. The number of ether oxygens (including phenoxy) is 1. The van der Waals surface area contributed by atoms with Gasteiger partial charge >= 0.3 is 0 Å². The lowest BCUT2D eigenvalue weighted by atomic mass is 10.2. The van der Waals surface area contributed by atoms with Gasteiger partial charge in [-0.1, -0.05) is 0 Å². The van der Waals surface area contributed by atoms with Crippen molar-refractivity contribution in [1.29, 1.82) is 0 Å². The van der Waals surface area contributed by atoms with E-state index in [9.17, 15) is 19.4 Å². The van der Waals surface area contributed by atoms with Gasteiger partial charge in [0.1, 0.15) is 28.8 Å². The van der Waals surface area contributed by atoms with Gasteiger partial charge < -0.3 is 25.6 Å². The smallest absolute Gasteiger partial charge is 0.267 e. The highest BCUT2D eigenvalue weighted by Crippen LogP contribution is 2.27. The zero-order chi connectivity index (χ0) is 21.3. The van der Waals surface area contributed by atoms with Gasteiger partial charge in [0, 0.05) is 24.7 Å². The average Bonchev–Trinajstić information content (AvgIpc) is 3.08. The number of anilines is 1. The highest BCUT2D eigenvalue weighted by molar-refractivity contribution is 5.92. The number of benzene rings is 2. The fourth-order valence-electron chi connectivity index (χ4n) is 3.12. The van der Waals surface area contributed by atoms with Crippen molar-refractivity contribution in [2.75, 3.05) is 18.0 Å². The Morgan fingerprint density at radius 3 is 2.13 bits per heavy atom. The number of nitrogens with zero attached hydrogens (tertiary/aromatic N) is 3. The van der Waals surface area contributed by atoms with Crippen LogP contribution in [0, 0.1) is 5.82 Å². The molecule has 1 amide bonds. The van der Waals surface area contributed by atoms with Crippen molar-refractivity contribution in [3.05, 3.63) is 66.1 Å². The van der Waals surface area contributed by atoms with Crippen LogP contribution in [0.3, 0.4) is 0 Å². The van der Waals surface area contributed by atoms with Crippen molar-refractivity contribution in [2.45, 2.75) is 12.2 Å². The summed E-state index contributed by atoms with van der Waals surface area (Å²) < 4.78 is 18.7. The molecule has 2 atom stereocenters. The number of aliphatic hydroxyl groups is 2. The van der Waals surface area contributed by atoms with Crippen LogP contribution in [0.4, 0.5) is 10.2 Å². The fourth-order valence-corrected chi connectivity index (χ4v) is 3.12. The van der Waals surface area contributed by atoms with Crippen molar-refractivity contribution in [3.8, 4) is 22.9 Å². The Bertz CT molecular complexity index is 1050. The second kappa shape index (κ2) is 8.05. The zero-order valence-corrected chi connectivity index (χ0v) is 15.8. The van der Waals surface area contributed by atoms with Gasteiger partial charge in [0.05, 0.1) is 12.2 Å². The number of rotatable bonds is 5. The summed E-state index contributed by atoms with van der Waals surface area (Å²) in [4.78, 5) is 22.1. The third-order valence-corrected chi connectivity index (χ3v) is 4.71. The van der Waals surface area contributed by atoms with E-state index >= 15 is 0 Å². The standard InChI is InChI=1S/C21H19FN4O4/c22-13-3-7-15(8-4-13)30-14-5-1-12(2-6-14)21-24-16(20(23)29)9-19(25-21)26-10-17(27)18(28)11-26/h1-9,17-18,27-28H,10-11H2,(H2,23,29)/t17-,18?/m0/s1. The molecule has 0 radical (unpaired) electrons. The molecule has 0 bridgehead atoms. The maximum atomic E-state index is 13.0. The van der Waals surface area contributed by atoms with E-state index in [-0.39, 0.29) is 30.4 Å². The van der Waals surface area contributed by atoms with Crippen LogP contribution in [0.5, 0.6) is 11.5 Å². The number of aromatic nitrogens is 2. The van der Waals surface area contributed by atoms with Crippen molar-refractivity contribution in [2.24, 2.45) is 5.73 Å². The van der Waals surface area contributed by atoms with Gasteiger partial charge in [-0.25, -0.2) is 14.4 Å². The number of halogens is 1. The minimum absolute atomic E-state index is 0.0255. The fraction of sp³-hybridized carbons (Fsp3) is 0.190. The van der Waals surface area contributed by atoms with Crippen molar-refractivity contribution >= 4 is 11.7 Å². The van der Waals surface area contributed by atoms with Gasteiger partial charge in [0.25, 0.3) is 5.91 Å². The first-order chi connectivity index (χ1) is 14.4. The van der Waals surface area contributed by atoms with Crippen LogP contribution >= 0.6 is 0 Å². The second-order valence-corrected chi connectivity index (χ2v) is 6.92. The Kier molecular flexibility index (Phi) is 5.30. The summed E-state index contributed by atoms with van der Waals surface area (Å²) in [6, 6.07) is 13.9. The lowest BCUT2D eigenvalue weighted by Gasteiger charge is -2.17. The number of carbonyl (C=O) groups excluding carboxylic acids is 1. The summed E-state index contributed by atoms with van der Waals surface area (Å²) in [6.45, 7) is 0.362. The van der Waals surface area contributed by atoms with E-state index in [1.165, 1.54) is 30.3 Å². The maximum Gasteiger partial charge on any atom is 0.267 e. The minimum atomic E-state index is -0.900. The molecule has 0 saturated carbocycles. The van der Waals surface area contributed by atoms with Crippen LogP contribution in [0.15, 0.2) is 54.6 Å². The van der Waals surface area contributed by atoms with Gasteiger partial charge in [-0.2, -0.15) is 0 Å². The van der Waals surface area contributed by atoms with E-state index in [1.54, 1.807) is 29.2 Å². The predicted molar refractivity (Wildman–Crippen MR) is 107 cm³/mol. The number of amides is 1. The van der Waals surface area contributed by atoms with Crippen LogP contribution in [0.1, 0.15) is 10.5 Å². The molecule has 4 N–H and O–H groups in total. The van der Waals surface area contributed by atoms with E-state index in [0.29, 0.717) is 22.9 Å². The van der Waals surface area contributed by atoms with E-state index in [1.807, 2.05) is 0 Å². The van der Waals surface area contributed by atoms with E-state index < -0.39 is 18.1 Å². The Morgan fingerprint density at radius 1 is 1.00 bits per heavy atom. The lowest BCUT2D eigenvalue weighted by molar-refractivity contribution is 0.0572. The van der Waals surface area contributed by atoms with Gasteiger partial charge in [-0.15, -0.1) is 0 Å². The minimum Gasteiger partial charge on any atom is -0.457 e. The molecular weight excluding hydrogens is 391 g/mol. The zero-order valence-electron chi connectivity index (χ0n) is 15.8. The predicted octanol–water partition coefficient (Wildman–Crippen LogP) is 1.72. The monoisotopic (exact) mass is 410 g/mol. The summed E-state index contributed by atoms with van der Waals surface area (Å²) >= 11 is 0. The molecule has 3 aromatic rings. The van der Waals surface area contributed by atoms with Crippen LogP contribution < -0.4 is 15.4 Å². The highest BCUT2D eigenvalue weighted by Gasteiger charge is 2.31. The second-order valence-electron chi connectivity index (χ2n) is 6.92. The molecule has 1 aromatic heterocycles. The number of hydrogen-bond donors (Lipinski definition) is 3. The molecule has 0 spiro atoms. The first-order valence-corrected chi connectivity index (χ1v) is 9.23. The van der Waals surface area contributed by atoms with Crippen molar-refractivity contribution in [3.63, 3.8) is 0 Å². The molecule has 0 aliphatic carbocycles. The summed E-state index contributed by atoms with van der Waals surface area (Å²) in [6.07, 6.45) is -1.80. The molecule has 1 unspecified atom stereocenters. The summed E-state index contributed by atoms with van der Waals surface area (Å²) in [5, 5.41) is 19.6. The Hall–Kier alpha value is -3.56. The average molecular weight is 410 g/mol. The molecule has 30 heavy (non-hydrogen) atoms. The van der Waals surface area contributed by atoms with Gasteiger partial charge in [0.2, 0.25) is 0 Å². The third-order valence-electron chi connectivity index (χ3n) is 4.71. The molecule has 1 aliphatic heterocycles. The van der Waals surface area contributed by atoms with Crippen molar-refractivity contribution < 1.29 is 24.1 Å². The maximum absolute atomic E-state index is 13.0. The highest BCUT2D eigenvalue weighted by atomic mass is 19.1. The molecule has 1 fully saturated rings. The molecular formula is C21H19FN4O4. The largest absolute Gasteiger partial charge is 0.457 e. The van der Waals surface area contributed by atoms with Crippen molar-refractivity contribution in [1.82, 2.24) is 9.97 Å². The summed E-state index contributed by atoms with van der Waals surface area (Å²) in [5.41, 5.74) is 6.05. The molecule has 154 valence electrons. The lowest BCUT2D eigenvalue weighted by Crippen LogP contribution is -2.24. The molecule has 1 saturated heterocycles. The first kappa shape index (κ1) is 19.7. The van der Waals surface area contributed by atoms with Crippen LogP contribution in [0.2, 0.25) is 0 Å². The van der Waals surface area contributed by atoms with Gasteiger partial charge in [-0.05, 0) is 48.5 Å². The van der Waals surface area contributed by atoms with E-state index in [0.717, 1.165) is 0 Å². The Labute approximate surface area is 171 Å². The number of β-amino-alcohol motifs (C(OH)–C–C–N with tert-alkyl or cyclic N) is 2. The van der Waals surface area contributed by atoms with Crippen LogP contribution in [0.25, 0.3) is 11.4 Å². The third kappa shape index (κ3) is 4.22. The van der Waals surface area contributed by atoms with Gasteiger partial charge in [-0.3, -0.25) is 4.79 Å². The molecule has 8 nitrogen and oxygen atoms in total. The number of aliphatic hydroxyl groups excluding tert-OH is 2. The van der Waals surface area contributed by atoms with Crippen LogP contribution in [-0.4, -0.2) is 51.4 Å².